The van der Waals surface area contributed by atoms with Gasteiger partial charge in [-0.3, -0.25) is 4.79 Å². The molecule has 1 amide bonds. The van der Waals surface area contributed by atoms with Gasteiger partial charge >= 0.3 is 0 Å². The first-order valence-corrected chi connectivity index (χ1v) is 7.73. The van der Waals surface area contributed by atoms with Gasteiger partial charge in [0, 0.05) is 20.1 Å². The molecular weight excluding hydrogens is 403 g/mol. The summed E-state index contributed by atoms with van der Waals surface area (Å²) < 4.78 is 0. The molecule has 0 spiro atoms. The minimum absolute atomic E-state index is 0. The minimum atomic E-state index is 0. The zero-order chi connectivity index (χ0) is 16.5. The molecule has 0 radical (unpaired) electrons. The first-order valence-electron chi connectivity index (χ1n) is 7.73. The first-order chi connectivity index (χ1) is 10.4. The molecule has 1 unspecified atom stereocenters. The molecule has 0 aromatic heterocycles. The molecule has 0 saturated heterocycles. The standard InChI is InChI=1S/C17H28N4O.HI/c1-6-14(3)20-17(19-12-16(22)21(4)5)18-11-15-10-8-7-9-13(15)2;/h7-10,14H,6,11-12H2,1-5H3,(H2,18,19,20);1H. The molecule has 0 aliphatic carbocycles. The quantitative estimate of drug-likeness (QED) is 0.413. The van der Waals surface area contributed by atoms with E-state index in [9.17, 15) is 4.79 Å². The summed E-state index contributed by atoms with van der Waals surface area (Å²) in [7, 11) is 3.49. The summed E-state index contributed by atoms with van der Waals surface area (Å²) in [5, 5.41) is 6.42. The highest BCUT2D eigenvalue weighted by Gasteiger charge is 2.08. The smallest absolute Gasteiger partial charge is 0.241 e. The number of nitrogens with zero attached hydrogens (tertiary/aromatic N) is 2. The van der Waals surface area contributed by atoms with Crippen LogP contribution >= 0.6 is 24.0 Å². The number of halogens is 1. The third-order valence-electron chi connectivity index (χ3n) is 3.57. The van der Waals surface area contributed by atoms with Crippen molar-refractivity contribution in [1.29, 1.82) is 0 Å². The Morgan fingerprint density at radius 2 is 1.96 bits per heavy atom. The Morgan fingerprint density at radius 1 is 1.30 bits per heavy atom. The van der Waals surface area contributed by atoms with Crippen LogP contribution in [0.1, 0.15) is 31.4 Å². The largest absolute Gasteiger partial charge is 0.354 e. The summed E-state index contributed by atoms with van der Waals surface area (Å²) in [6.07, 6.45) is 0.993. The van der Waals surface area contributed by atoms with E-state index in [-0.39, 0.29) is 36.4 Å². The van der Waals surface area contributed by atoms with Crippen molar-refractivity contribution >= 4 is 35.8 Å². The zero-order valence-corrected chi connectivity index (χ0v) is 17.0. The molecule has 0 fully saturated rings. The van der Waals surface area contributed by atoms with Crippen molar-refractivity contribution in [3.63, 3.8) is 0 Å². The van der Waals surface area contributed by atoms with Gasteiger partial charge < -0.3 is 15.5 Å². The van der Waals surface area contributed by atoms with E-state index >= 15 is 0 Å². The van der Waals surface area contributed by atoms with E-state index in [0.29, 0.717) is 18.5 Å². The molecule has 1 rings (SSSR count). The van der Waals surface area contributed by atoms with Crippen LogP contribution in [0.25, 0.3) is 0 Å². The monoisotopic (exact) mass is 432 g/mol. The molecule has 0 bridgehead atoms. The molecule has 1 aromatic rings. The summed E-state index contributed by atoms with van der Waals surface area (Å²) in [5.41, 5.74) is 2.41. The van der Waals surface area contributed by atoms with Crippen LogP contribution < -0.4 is 10.6 Å². The SMILES string of the molecule is CCC(C)NC(=NCc1ccccc1C)NCC(=O)N(C)C.I. The lowest BCUT2D eigenvalue weighted by molar-refractivity contribution is -0.127. The number of hydrogen-bond acceptors (Lipinski definition) is 2. The molecule has 5 nitrogen and oxygen atoms in total. The van der Waals surface area contributed by atoms with E-state index in [1.54, 1.807) is 19.0 Å². The molecule has 0 heterocycles. The van der Waals surface area contributed by atoms with Crippen LogP contribution in [-0.2, 0) is 11.3 Å². The average molecular weight is 432 g/mol. The number of hydrogen-bond donors (Lipinski definition) is 2. The van der Waals surface area contributed by atoms with E-state index < -0.39 is 0 Å². The fourth-order valence-corrected chi connectivity index (χ4v) is 1.76. The van der Waals surface area contributed by atoms with Crippen molar-refractivity contribution in [3.05, 3.63) is 35.4 Å². The Balaban J connectivity index is 0.00000484. The average Bonchev–Trinajstić information content (AvgIpc) is 2.50. The van der Waals surface area contributed by atoms with Gasteiger partial charge in [0.25, 0.3) is 0 Å². The van der Waals surface area contributed by atoms with Gasteiger partial charge in [-0.05, 0) is 31.4 Å². The van der Waals surface area contributed by atoms with Crippen LogP contribution in [0.4, 0.5) is 0 Å². The maximum absolute atomic E-state index is 11.7. The number of amides is 1. The van der Waals surface area contributed by atoms with Crippen LogP contribution in [0.5, 0.6) is 0 Å². The van der Waals surface area contributed by atoms with E-state index in [4.69, 9.17) is 0 Å². The van der Waals surface area contributed by atoms with Crippen molar-refractivity contribution in [3.8, 4) is 0 Å². The molecular formula is C17H29IN4O. The molecule has 0 aliphatic rings. The number of benzene rings is 1. The summed E-state index contributed by atoms with van der Waals surface area (Å²) in [5.74, 6) is 0.697. The number of rotatable bonds is 6. The highest BCUT2D eigenvalue weighted by Crippen LogP contribution is 2.08. The topological polar surface area (TPSA) is 56.7 Å². The second-order valence-corrected chi connectivity index (χ2v) is 5.69. The summed E-state index contributed by atoms with van der Waals surface area (Å²) >= 11 is 0. The second-order valence-electron chi connectivity index (χ2n) is 5.69. The van der Waals surface area contributed by atoms with E-state index in [1.165, 1.54) is 11.1 Å². The fourth-order valence-electron chi connectivity index (χ4n) is 1.76. The van der Waals surface area contributed by atoms with Gasteiger partial charge in [-0.15, -0.1) is 24.0 Å². The van der Waals surface area contributed by atoms with E-state index in [2.05, 4.69) is 48.5 Å². The van der Waals surface area contributed by atoms with E-state index in [1.807, 2.05) is 12.1 Å². The van der Waals surface area contributed by atoms with Crippen LogP contribution in [0, 0.1) is 6.92 Å². The molecule has 1 aromatic carbocycles. The highest BCUT2D eigenvalue weighted by molar-refractivity contribution is 14.0. The number of likely N-dealkylation sites (N-methyl/N-ethyl adjacent to an activating group) is 1. The number of carbonyl (C=O) groups excluding carboxylic acids is 1. The first kappa shape index (κ1) is 21.7. The van der Waals surface area contributed by atoms with Gasteiger partial charge in [-0.2, -0.15) is 0 Å². The van der Waals surface area contributed by atoms with Gasteiger partial charge in [-0.25, -0.2) is 4.99 Å². The van der Waals surface area contributed by atoms with Crippen molar-refractivity contribution in [2.24, 2.45) is 4.99 Å². The lowest BCUT2D eigenvalue weighted by atomic mass is 10.1. The summed E-state index contributed by atoms with van der Waals surface area (Å²) in [4.78, 5) is 17.9. The Kier molecular flexibility index (Phi) is 10.6. The minimum Gasteiger partial charge on any atom is -0.354 e. The maximum atomic E-state index is 11.7. The maximum Gasteiger partial charge on any atom is 0.241 e. The normalized spacial score (nSPS) is 12.1. The molecule has 23 heavy (non-hydrogen) atoms. The number of aryl methyl sites for hydroxylation is 1. The highest BCUT2D eigenvalue weighted by atomic mass is 127. The second kappa shape index (κ2) is 11.3. The third-order valence-corrected chi connectivity index (χ3v) is 3.57. The van der Waals surface area contributed by atoms with Crippen molar-refractivity contribution in [2.75, 3.05) is 20.6 Å². The van der Waals surface area contributed by atoms with Crippen LogP contribution in [0.15, 0.2) is 29.3 Å². The molecule has 0 saturated carbocycles. The van der Waals surface area contributed by atoms with Crippen LogP contribution in [-0.4, -0.2) is 43.4 Å². The molecule has 130 valence electrons. The fraction of sp³-hybridized carbons (Fsp3) is 0.529. The molecule has 2 N–H and O–H groups in total. The Morgan fingerprint density at radius 3 is 2.52 bits per heavy atom. The Bertz CT molecular complexity index is 517. The van der Waals surface area contributed by atoms with Gasteiger partial charge in [0.05, 0.1) is 13.1 Å². The zero-order valence-electron chi connectivity index (χ0n) is 14.7. The Hall–Kier alpha value is -1.31. The summed E-state index contributed by atoms with van der Waals surface area (Å²) in [6.45, 7) is 7.12. The van der Waals surface area contributed by atoms with E-state index in [0.717, 1.165) is 6.42 Å². The molecule has 6 heteroatoms. The lowest BCUT2D eigenvalue weighted by Gasteiger charge is -2.18. The number of carbonyl (C=O) groups is 1. The number of guanidine groups is 1. The van der Waals surface area contributed by atoms with Gasteiger partial charge in [0.1, 0.15) is 0 Å². The number of aliphatic imine (C=N–C) groups is 1. The molecule has 0 aliphatic heterocycles. The van der Waals surface area contributed by atoms with Gasteiger partial charge in [-0.1, -0.05) is 31.2 Å². The number of nitrogens with one attached hydrogen (secondary N) is 2. The molecule has 1 atom stereocenters. The van der Waals surface area contributed by atoms with Crippen molar-refractivity contribution in [2.45, 2.75) is 39.8 Å². The summed E-state index contributed by atoms with van der Waals surface area (Å²) in [6, 6.07) is 8.50. The third kappa shape index (κ3) is 8.20. The lowest BCUT2D eigenvalue weighted by Crippen LogP contribution is -2.45. The van der Waals surface area contributed by atoms with Gasteiger partial charge in [0.15, 0.2) is 5.96 Å². The van der Waals surface area contributed by atoms with Crippen molar-refractivity contribution in [1.82, 2.24) is 15.5 Å². The Labute approximate surface area is 157 Å². The van der Waals surface area contributed by atoms with Crippen molar-refractivity contribution < 1.29 is 4.79 Å². The van der Waals surface area contributed by atoms with Crippen LogP contribution in [0.2, 0.25) is 0 Å². The predicted molar refractivity (Wildman–Crippen MR) is 107 cm³/mol. The van der Waals surface area contributed by atoms with Crippen LogP contribution in [0.3, 0.4) is 0 Å². The predicted octanol–water partition coefficient (Wildman–Crippen LogP) is 2.53. The van der Waals surface area contributed by atoms with Gasteiger partial charge in [0.2, 0.25) is 5.91 Å².